The van der Waals surface area contributed by atoms with E-state index in [2.05, 4.69) is 25.6 Å². The van der Waals surface area contributed by atoms with Crippen LogP contribution in [0.25, 0.3) is 0 Å². The first-order valence-electron chi connectivity index (χ1n) is 5.87. The Bertz CT molecular complexity index is 572. The molecule has 0 aliphatic heterocycles. The molecule has 0 aliphatic carbocycles. The second kappa shape index (κ2) is 6.67. The third kappa shape index (κ3) is 4.06. The largest absolute Gasteiger partial charge is 0.368 e. The lowest BCUT2D eigenvalue weighted by atomic mass is 10.3. The van der Waals surface area contributed by atoms with E-state index in [1.54, 1.807) is 24.4 Å². The molecule has 0 atom stereocenters. The van der Waals surface area contributed by atoms with Crippen molar-refractivity contribution in [2.75, 3.05) is 24.1 Å². The predicted molar refractivity (Wildman–Crippen MR) is 76.5 cm³/mol. The van der Waals surface area contributed by atoms with Crippen molar-refractivity contribution in [2.45, 2.75) is 0 Å². The molecule has 2 rings (SSSR count). The van der Waals surface area contributed by atoms with Gasteiger partial charge in [0, 0.05) is 31.5 Å². The molecule has 7 nitrogen and oxygen atoms in total. The number of hydrogen-bond donors (Lipinski definition) is 3. The number of carbonyl (C=O) groups excluding carboxylic acids is 1. The Hall–Kier alpha value is -2.41. The fraction of sp³-hybridized carbons (Fsp3) is 0.167. The van der Waals surface area contributed by atoms with E-state index in [4.69, 9.17) is 17.3 Å². The summed E-state index contributed by atoms with van der Waals surface area (Å²) in [5, 5.41) is 6.00. The van der Waals surface area contributed by atoms with Crippen LogP contribution in [0, 0.1) is 0 Å². The van der Waals surface area contributed by atoms with Gasteiger partial charge in [-0.15, -0.1) is 0 Å². The van der Waals surface area contributed by atoms with Crippen molar-refractivity contribution in [1.29, 1.82) is 0 Å². The lowest BCUT2D eigenvalue weighted by Gasteiger charge is -2.07. The maximum absolute atomic E-state index is 11.7. The van der Waals surface area contributed by atoms with Crippen molar-refractivity contribution in [2.24, 2.45) is 0 Å². The Labute approximate surface area is 120 Å². The number of rotatable bonds is 5. The molecule has 0 fully saturated rings. The van der Waals surface area contributed by atoms with Gasteiger partial charge in [0.15, 0.2) is 0 Å². The number of pyridine rings is 1. The standard InChI is InChI=1S/C12H13ClN6O/c13-9-6-10(19-12(14)18-9)16-4-5-17-11(20)8-2-1-3-15-7-8/h1-3,6-7H,4-5H2,(H,17,20)(H3,14,16,18,19). The van der Waals surface area contributed by atoms with Crippen LogP contribution in [0.1, 0.15) is 10.4 Å². The van der Waals surface area contributed by atoms with Crippen LogP contribution in [-0.4, -0.2) is 33.9 Å². The fourth-order valence-corrected chi connectivity index (χ4v) is 1.68. The summed E-state index contributed by atoms with van der Waals surface area (Å²) >= 11 is 5.75. The Balaban J connectivity index is 1.78. The van der Waals surface area contributed by atoms with Crippen LogP contribution < -0.4 is 16.4 Å². The van der Waals surface area contributed by atoms with Gasteiger partial charge in [0.2, 0.25) is 5.95 Å². The maximum atomic E-state index is 11.7. The number of aromatic nitrogens is 3. The number of anilines is 2. The molecule has 0 aromatic carbocycles. The van der Waals surface area contributed by atoms with Gasteiger partial charge < -0.3 is 16.4 Å². The normalized spacial score (nSPS) is 10.1. The molecule has 2 aromatic rings. The summed E-state index contributed by atoms with van der Waals surface area (Å²) in [5.41, 5.74) is 5.98. The van der Waals surface area contributed by atoms with Gasteiger partial charge in [-0.05, 0) is 12.1 Å². The number of nitrogens with one attached hydrogen (secondary N) is 2. The molecular weight excluding hydrogens is 280 g/mol. The Kier molecular flexibility index (Phi) is 4.67. The topological polar surface area (TPSA) is 106 Å². The third-order valence-electron chi connectivity index (χ3n) is 2.35. The summed E-state index contributed by atoms with van der Waals surface area (Å²) in [6.07, 6.45) is 3.12. The monoisotopic (exact) mass is 292 g/mol. The van der Waals surface area contributed by atoms with E-state index < -0.39 is 0 Å². The maximum Gasteiger partial charge on any atom is 0.252 e. The van der Waals surface area contributed by atoms with E-state index in [9.17, 15) is 4.79 Å². The number of halogens is 1. The summed E-state index contributed by atoms with van der Waals surface area (Å²) in [4.78, 5) is 23.3. The summed E-state index contributed by atoms with van der Waals surface area (Å²) in [6, 6.07) is 4.96. The number of nitrogens with two attached hydrogens (primary N) is 1. The van der Waals surface area contributed by atoms with Gasteiger partial charge in [0.05, 0.1) is 5.56 Å². The van der Waals surface area contributed by atoms with Crippen LogP contribution in [0.3, 0.4) is 0 Å². The molecule has 0 spiro atoms. The molecule has 0 saturated carbocycles. The highest BCUT2D eigenvalue weighted by Crippen LogP contribution is 2.11. The van der Waals surface area contributed by atoms with Crippen molar-refractivity contribution in [3.05, 3.63) is 41.3 Å². The van der Waals surface area contributed by atoms with E-state index in [0.29, 0.717) is 24.5 Å². The molecule has 0 aliphatic rings. The third-order valence-corrected chi connectivity index (χ3v) is 2.55. The van der Waals surface area contributed by atoms with Gasteiger partial charge in [-0.2, -0.15) is 4.98 Å². The van der Waals surface area contributed by atoms with Crippen LogP contribution in [0.2, 0.25) is 5.15 Å². The van der Waals surface area contributed by atoms with Crippen LogP contribution >= 0.6 is 11.6 Å². The van der Waals surface area contributed by atoms with E-state index in [1.165, 1.54) is 6.20 Å². The molecule has 0 radical (unpaired) electrons. The second-order valence-corrected chi connectivity index (χ2v) is 4.25. The van der Waals surface area contributed by atoms with Crippen LogP contribution in [0.5, 0.6) is 0 Å². The minimum atomic E-state index is -0.180. The quantitative estimate of drug-likeness (QED) is 0.559. The number of carbonyl (C=O) groups is 1. The zero-order valence-electron chi connectivity index (χ0n) is 10.5. The highest BCUT2D eigenvalue weighted by Gasteiger charge is 2.04. The molecule has 8 heteroatoms. The molecule has 0 saturated heterocycles. The minimum Gasteiger partial charge on any atom is -0.368 e. The van der Waals surface area contributed by atoms with E-state index >= 15 is 0 Å². The minimum absolute atomic E-state index is 0.0967. The number of hydrogen-bond acceptors (Lipinski definition) is 6. The van der Waals surface area contributed by atoms with Gasteiger partial charge in [0.1, 0.15) is 11.0 Å². The first-order chi connectivity index (χ1) is 9.65. The van der Waals surface area contributed by atoms with Gasteiger partial charge in [-0.25, -0.2) is 4.98 Å². The average molecular weight is 293 g/mol. The molecule has 2 heterocycles. The van der Waals surface area contributed by atoms with Crippen LogP contribution in [0.4, 0.5) is 11.8 Å². The number of amides is 1. The van der Waals surface area contributed by atoms with Gasteiger partial charge in [-0.3, -0.25) is 9.78 Å². The van der Waals surface area contributed by atoms with Crippen molar-refractivity contribution < 1.29 is 4.79 Å². The molecule has 20 heavy (non-hydrogen) atoms. The lowest BCUT2D eigenvalue weighted by Crippen LogP contribution is -2.29. The van der Waals surface area contributed by atoms with E-state index in [-0.39, 0.29) is 17.0 Å². The van der Waals surface area contributed by atoms with Crippen molar-refractivity contribution >= 4 is 29.3 Å². The highest BCUT2D eigenvalue weighted by atomic mass is 35.5. The van der Waals surface area contributed by atoms with Gasteiger partial charge >= 0.3 is 0 Å². The molecule has 104 valence electrons. The Morgan fingerprint density at radius 1 is 1.35 bits per heavy atom. The van der Waals surface area contributed by atoms with Gasteiger partial charge in [0.25, 0.3) is 5.91 Å². The predicted octanol–water partition coefficient (Wildman–Crippen LogP) is 0.949. The molecular formula is C12H13ClN6O. The summed E-state index contributed by atoms with van der Waals surface area (Å²) < 4.78 is 0. The van der Waals surface area contributed by atoms with E-state index in [0.717, 1.165) is 0 Å². The van der Waals surface area contributed by atoms with Crippen LogP contribution in [-0.2, 0) is 0 Å². The summed E-state index contributed by atoms with van der Waals surface area (Å²) in [5.74, 6) is 0.428. The summed E-state index contributed by atoms with van der Waals surface area (Å²) in [7, 11) is 0. The van der Waals surface area contributed by atoms with E-state index in [1.807, 2.05) is 0 Å². The molecule has 0 unspecified atom stereocenters. The SMILES string of the molecule is Nc1nc(Cl)cc(NCCNC(=O)c2cccnc2)n1. The van der Waals surface area contributed by atoms with Crippen molar-refractivity contribution in [1.82, 2.24) is 20.3 Å². The molecule has 4 N–H and O–H groups in total. The summed E-state index contributed by atoms with van der Waals surface area (Å²) in [6.45, 7) is 0.911. The van der Waals surface area contributed by atoms with Crippen molar-refractivity contribution in [3.8, 4) is 0 Å². The first kappa shape index (κ1) is 14.0. The highest BCUT2D eigenvalue weighted by molar-refractivity contribution is 6.29. The second-order valence-electron chi connectivity index (χ2n) is 3.86. The molecule has 2 aromatic heterocycles. The van der Waals surface area contributed by atoms with Crippen molar-refractivity contribution in [3.63, 3.8) is 0 Å². The smallest absolute Gasteiger partial charge is 0.252 e. The van der Waals surface area contributed by atoms with Crippen LogP contribution in [0.15, 0.2) is 30.6 Å². The zero-order valence-corrected chi connectivity index (χ0v) is 11.3. The fourth-order valence-electron chi connectivity index (χ4n) is 1.49. The Morgan fingerprint density at radius 3 is 2.90 bits per heavy atom. The first-order valence-corrected chi connectivity index (χ1v) is 6.25. The Morgan fingerprint density at radius 2 is 2.20 bits per heavy atom. The zero-order chi connectivity index (χ0) is 14.4. The molecule has 0 bridgehead atoms. The van der Waals surface area contributed by atoms with Gasteiger partial charge in [-0.1, -0.05) is 11.6 Å². The lowest BCUT2D eigenvalue weighted by molar-refractivity contribution is 0.0955. The average Bonchev–Trinajstić information content (AvgIpc) is 2.43. The molecule has 1 amide bonds. The number of nitrogens with zero attached hydrogens (tertiary/aromatic N) is 3. The number of nitrogen functional groups attached to an aromatic ring is 1.